The maximum Gasteiger partial charge on any atom is 0.418 e. The molecule has 0 atom stereocenters. The van der Waals surface area contributed by atoms with E-state index in [1.165, 1.54) is 39.2 Å². The number of pyridine rings is 1. The smallest absolute Gasteiger partial charge is 0.418 e. The fourth-order valence-electron chi connectivity index (χ4n) is 3.36. The molecule has 11 heteroatoms. The summed E-state index contributed by atoms with van der Waals surface area (Å²) in [5.74, 6) is -0.430. The molecule has 196 valence electrons. The molecule has 10 nitrogen and oxygen atoms in total. The molecule has 0 aromatic carbocycles. The van der Waals surface area contributed by atoms with E-state index in [4.69, 9.17) is 21.1 Å². The number of esters is 1. The van der Waals surface area contributed by atoms with Gasteiger partial charge in [-0.3, -0.25) is 19.8 Å². The molecule has 0 aliphatic heterocycles. The topological polar surface area (TPSA) is 115 Å². The van der Waals surface area contributed by atoms with Gasteiger partial charge in [0.25, 0.3) is 6.20 Å². The van der Waals surface area contributed by atoms with Gasteiger partial charge in [0, 0.05) is 32.8 Å². The zero-order valence-corrected chi connectivity index (χ0v) is 21.7. The van der Waals surface area contributed by atoms with E-state index in [-0.39, 0.29) is 18.8 Å². The summed E-state index contributed by atoms with van der Waals surface area (Å²) in [7, 11) is 1.35. The van der Waals surface area contributed by atoms with Crippen LogP contribution in [0.4, 0.5) is 4.79 Å². The van der Waals surface area contributed by atoms with Gasteiger partial charge in [-0.05, 0) is 25.0 Å². The van der Waals surface area contributed by atoms with Crippen LogP contribution in [0.25, 0.3) is 0 Å². The Bertz CT molecular complexity index is 819. The number of hydrogen-bond donors (Lipinski definition) is 0. The molecule has 0 aliphatic rings. The Morgan fingerprint density at radius 2 is 1.74 bits per heavy atom. The second kappa shape index (κ2) is 17.5. The Kier molecular flexibility index (Phi) is 15.1. The molecule has 0 aliphatic carbocycles. The zero-order chi connectivity index (χ0) is 26.1. The Morgan fingerprint density at radius 3 is 2.31 bits per heavy atom. The van der Waals surface area contributed by atoms with Crippen LogP contribution in [0.2, 0.25) is 5.15 Å². The van der Waals surface area contributed by atoms with Crippen LogP contribution in [-0.2, 0) is 20.8 Å². The van der Waals surface area contributed by atoms with E-state index in [0.29, 0.717) is 11.7 Å². The molecule has 1 heterocycles. The highest BCUT2D eigenvalue weighted by Crippen LogP contribution is 2.16. The number of ether oxygens (including phenoxy) is 2. The number of halogens is 1. The minimum atomic E-state index is -0.884. The van der Waals surface area contributed by atoms with Crippen molar-refractivity contribution in [3.05, 3.63) is 51.2 Å². The van der Waals surface area contributed by atoms with Gasteiger partial charge < -0.3 is 14.4 Å². The fourth-order valence-corrected chi connectivity index (χ4v) is 3.47. The lowest BCUT2D eigenvalue weighted by Crippen LogP contribution is -2.37. The number of hydrogen-bond acceptors (Lipinski definition) is 8. The SMILES string of the molecule is CCCCCCCCCCC(=O)OCOC(=O)N(C)/C(=C/[N+](=O)[O-])N(CC)Cc1ccc(Cl)nc1. The van der Waals surface area contributed by atoms with Gasteiger partial charge in [-0.2, -0.15) is 0 Å². The number of rotatable bonds is 17. The number of carbonyl (C=O) groups is 2. The highest BCUT2D eigenvalue weighted by Gasteiger charge is 2.24. The van der Waals surface area contributed by atoms with Crippen molar-refractivity contribution in [2.75, 3.05) is 20.4 Å². The summed E-state index contributed by atoms with van der Waals surface area (Å²) in [6.45, 7) is 4.05. The molecular weight excluding hydrogens is 476 g/mol. The highest BCUT2D eigenvalue weighted by atomic mass is 35.5. The molecule has 0 unspecified atom stereocenters. The highest BCUT2D eigenvalue weighted by molar-refractivity contribution is 6.29. The van der Waals surface area contributed by atoms with Crippen molar-refractivity contribution in [2.45, 2.75) is 78.2 Å². The van der Waals surface area contributed by atoms with Crippen molar-refractivity contribution in [1.29, 1.82) is 0 Å². The van der Waals surface area contributed by atoms with Crippen LogP contribution in [0.5, 0.6) is 0 Å². The minimum Gasteiger partial charge on any atom is -0.428 e. The van der Waals surface area contributed by atoms with Gasteiger partial charge in [-0.15, -0.1) is 0 Å². The second-order valence-corrected chi connectivity index (χ2v) is 8.49. The van der Waals surface area contributed by atoms with Crippen molar-refractivity contribution in [3.63, 3.8) is 0 Å². The Labute approximate surface area is 212 Å². The summed E-state index contributed by atoms with van der Waals surface area (Å²) in [6.07, 6.45) is 10.5. The first-order valence-corrected chi connectivity index (χ1v) is 12.4. The van der Waals surface area contributed by atoms with E-state index in [2.05, 4.69) is 11.9 Å². The van der Waals surface area contributed by atoms with E-state index in [1.807, 2.05) is 0 Å². The lowest BCUT2D eigenvalue weighted by Gasteiger charge is -2.29. The predicted octanol–water partition coefficient (Wildman–Crippen LogP) is 5.73. The van der Waals surface area contributed by atoms with Gasteiger partial charge >= 0.3 is 12.1 Å². The van der Waals surface area contributed by atoms with Crippen molar-refractivity contribution >= 4 is 23.7 Å². The molecule has 0 spiro atoms. The van der Waals surface area contributed by atoms with E-state index in [9.17, 15) is 19.7 Å². The van der Waals surface area contributed by atoms with Gasteiger partial charge in [0.2, 0.25) is 6.79 Å². The first-order valence-electron chi connectivity index (χ1n) is 12.0. The van der Waals surface area contributed by atoms with Crippen LogP contribution in [0.1, 0.15) is 77.2 Å². The number of amides is 1. The van der Waals surface area contributed by atoms with Crippen LogP contribution in [0.15, 0.2) is 30.4 Å². The largest absolute Gasteiger partial charge is 0.428 e. The summed E-state index contributed by atoms with van der Waals surface area (Å²) in [6, 6.07) is 3.35. The van der Waals surface area contributed by atoms with E-state index in [1.54, 1.807) is 30.2 Å². The predicted molar refractivity (Wildman–Crippen MR) is 133 cm³/mol. The third kappa shape index (κ3) is 13.0. The Balaban J connectivity index is 2.49. The van der Waals surface area contributed by atoms with Gasteiger partial charge in [0.15, 0.2) is 5.82 Å². The van der Waals surface area contributed by atoms with Crippen LogP contribution in [0.3, 0.4) is 0 Å². The van der Waals surface area contributed by atoms with Crippen molar-refractivity contribution in [2.24, 2.45) is 0 Å². The summed E-state index contributed by atoms with van der Waals surface area (Å²) in [4.78, 5) is 41.5. The molecular formula is C24H37ClN4O6. The summed E-state index contributed by atoms with van der Waals surface area (Å²) in [5, 5.41) is 11.5. The average molecular weight is 513 g/mol. The molecule has 0 N–H and O–H groups in total. The molecule has 1 rings (SSSR count). The Morgan fingerprint density at radius 1 is 1.09 bits per heavy atom. The van der Waals surface area contributed by atoms with Gasteiger partial charge in [-0.1, -0.05) is 69.5 Å². The molecule has 0 fully saturated rings. The number of unbranched alkanes of at least 4 members (excludes halogenated alkanes) is 7. The molecule has 0 bridgehead atoms. The quantitative estimate of drug-likeness (QED) is 0.0648. The van der Waals surface area contributed by atoms with Crippen LogP contribution in [0, 0.1) is 10.1 Å². The molecule has 0 saturated carbocycles. The summed E-state index contributed by atoms with van der Waals surface area (Å²) in [5.41, 5.74) is 0.752. The van der Waals surface area contributed by atoms with E-state index < -0.39 is 23.8 Å². The van der Waals surface area contributed by atoms with E-state index >= 15 is 0 Å². The zero-order valence-electron chi connectivity index (χ0n) is 20.9. The molecule has 1 aromatic heterocycles. The van der Waals surface area contributed by atoms with Crippen molar-refractivity contribution in [1.82, 2.24) is 14.8 Å². The maximum absolute atomic E-state index is 12.5. The molecule has 0 saturated heterocycles. The number of nitrogens with zero attached hydrogens (tertiary/aromatic N) is 4. The van der Waals surface area contributed by atoms with E-state index in [0.717, 1.165) is 35.9 Å². The standard InChI is InChI=1S/C24H37ClN4O6/c1-4-6-7-8-9-10-11-12-13-23(30)34-19-35-24(31)27(3)22(18-29(32)33)28(5-2)17-20-14-15-21(25)26-16-20/h14-16,18H,4-13,17,19H2,1-3H3/b22-18-. The average Bonchev–Trinajstić information content (AvgIpc) is 2.83. The maximum atomic E-state index is 12.5. The van der Waals surface area contributed by atoms with Crippen LogP contribution >= 0.6 is 11.6 Å². The van der Waals surface area contributed by atoms with Gasteiger partial charge in [0.1, 0.15) is 5.15 Å². The summed E-state index contributed by atoms with van der Waals surface area (Å²) >= 11 is 5.81. The van der Waals surface area contributed by atoms with Crippen LogP contribution < -0.4 is 0 Å². The number of carbonyl (C=O) groups excluding carboxylic acids is 2. The lowest BCUT2D eigenvalue weighted by atomic mass is 10.1. The lowest BCUT2D eigenvalue weighted by molar-refractivity contribution is -0.405. The molecule has 1 amide bonds. The normalized spacial score (nSPS) is 11.1. The third-order valence-corrected chi connectivity index (χ3v) is 5.57. The fraction of sp³-hybridized carbons (Fsp3) is 0.625. The van der Waals surface area contributed by atoms with Gasteiger partial charge in [-0.25, -0.2) is 9.78 Å². The monoisotopic (exact) mass is 512 g/mol. The second-order valence-electron chi connectivity index (χ2n) is 8.10. The third-order valence-electron chi connectivity index (χ3n) is 5.34. The molecule has 1 aromatic rings. The Hall–Kier alpha value is -2.88. The van der Waals surface area contributed by atoms with Crippen molar-refractivity contribution < 1.29 is 24.0 Å². The minimum absolute atomic E-state index is 0.0164. The number of aromatic nitrogens is 1. The summed E-state index contributed by atoms with van der Waals surface area (Å²) < 4.78 is 9.98. The van der Waals surface area contributed by atoms with Crippen LogP contribution in [-0.4, -0.2) is 52.2 Å². The van der Waals surface area contributed by atoms with Gasteiger partial charge in [0.05, 0.1) is 4.92 Å². The first-order chi connectivity index (χ1) is 16.8. The molecule has 0 radical (unpaired) electrons. The number of nitro groups is 1. The van der Waals surface area contributed by atoms with Crippen molar-refractivity contribution in [3.8, 4) is 0 Å². The molecule has 35 heavy (non-hydrogen) atoms. The first kappa shape index (κ1) is 30.2.